The summed E-state index contributed by atoms with van der Waals surface area (Å²) in [4.78, 5) is 42.3. The average Bonchev–Trinajstić information content (AvgIpc) is 3.02. The van der Waals surface area contributed by atoms with Gasteiger partial charge in [-0.2, -0.15) is 0 Å². The van der Waals surface area contributed by atoms with E-state index >= 15 is 0 Å². The number of ether oxygens (including phenoxy) is 1. The Labute approximate surface area is 169 Å². The number of rotatable bonds is 10. The van der Waals surface area contributed by atoms with Crippen molar-refractivity contribution < 1.29 is 14.3 Å². The van der Waals surface area contributed by atoms with Crippen LogP contribution in [0.2, 0.25) is 0 Å². The monoisotopic (exact) mass is 407 g/mol. The van der Waals surface area contributed by atoms with Crippen molar-refractivity contribution in [3.63, 3.8) is 0 Å². The van der Waals surface area contributed by atoms with E-state index in [9.17, 15) is 14.4 Å². The first-order valence-corrected chi connectivity index (χ1v) is 10.7. The highest BCUT2D eigenvalue weighted by Gasteiger charge is 2.20. The first kappa shape index (κ1) is 22.1. The molecular weight excluding hydrogens is 378 g/mol. The molecule has 1 amide bonds. The summed E-state index contributed by atoms with van der Waals surface area (Å²) in [6.07, 6.45) is 5.75. The number of aryl methyl sites for hydroxylation is 1. The van der Waals surface area contributed by atoms with Gasteiger partial charge in [-0.15, -0.1) is 11.3 Å². The topological polar surface area (TPSA) is 90.3 Å². The Bertz CT molecular complexity index is 887. The number of esters is 1. The lowest BCUT2D eigenvalue weighted by atomic mass is 9.99. The van der Waals surface area contributed by atoms with Gasteiger partial charge in [0.25, 0.3) is 5.56 Å². The largest absolute Gasteiger partial charge is 0.462 e. The van der Waals surface area contributed by atoms with Gasteiger partial charge in [-0.3, -0.25) is 14.2 Å². The molecule has 0 saturated carbocycles. The van der Waals surface area contributed by atoms with E-state index in [0.29, 0.717) is 33.1 Å². The van der Waals surface area contributed by atoms with Gasteiger partial charge in [0.2, 0.25) is 5.91 Å². The van der Waals surface area contributed by atoms with Crippen LogP contribution in [0.25, 0.3) is 10.2 Å². The van der Waals surface area contributed by atoms with Gasteiger partial charge < -0.3 is 10.1 Å². The molecular formula is C20H29N3O4S. The number of hydrogen-bond acceptors (Lipinski definition) is 6. The fourth-order valence-corrected chi connectivity index (χ4v) is 4.11. The normalized spacial score (nSPS) is 12.1. The second-order valence-corrected chi connectivity index (χ2v) is 7.85. The van der Waals surface area contributed by atoms with Crippen LogP contribution in [0, 0.1) is 12.8 Å². The molecule has 0 bridgehead atoms. The molecule has 2 rings (SSSR count). The summed E-state index contributed by atoms with van der Waals surface area (Å²) in [5.41, 5.74) is 0.235. The van der Waals surface area contributed by atoms with E-state index in [2.05, 4.69) is 24.1 Å². The number of unbranched alkanes of at least 4 members (excludes halogenated alkanes) is 1. The highest BCUT2D eigenvalue weighted by Crippen LogP contribution is 2.27. The SMILES string of the molecule is CCCC[C@H](CC)CNC(=O)Cn1cnc2sc(C(=O)OCC)c(C)c2c1=O. The molecule has 0 aromatic carbocycles. The zero-order valence-corrected chi connectivity index (χ0v) is 17.9. The molecule has 0 fully saturated rings. The summed E-state index contributed by atoms with van der Waals surface area (Å²) in [5.74, 6) is -0.214. The molecule has 0 unspecified atom stereocenters. The van der Waals surface area contributed by atoms with Crippen molar-refractivity contribution in [1.82, 2.24) is 14.9 Å². The first-order chi connectivity index (χ1) is 13.4. The summed E-state index contributed by atoms with van der Waals surface area (Å²) in [6.45, 7) is 8.51. The predicted octanol–water partition coefficient (Wildman–Crippen LogP) is 3.28. The minimum atomic E-state index is -0.454. The van der Waals surface area contributed by atoms with Crippen molar-refractivity contribution in [3.8, 4) is 0 Å². The molecule has 0 aliphatic rings. The molecule has 8 heteroatoms. The lowest BCUT2D eigenvalue weighted by Crippen LogP contribution is -2.35. The summed E-state index contributed by atoms with van der Waals surface area (Å²) >= 11 is 1.14. The number of hydrogen-bond donors (Lipinski definition) is 1. The lowest BCUT2D eigenvalue weighted by molar-refractivity contribution is -0.121. The molecule has 1 atom stereocenters. The third-order valence-electron chi connectivity index (χ3n) is 4.82. The predicted molar refractivity (Wildman–Crippen MR) is 111 cm³/mol. The summed E-state index contributed by atoms with van der Waals surface area (Å²) in [7, 11) is 0. The van der Waals surface area contributed by atoms with Gasteiger partial charge in [0.15, 0.2) is 0 Å². The minimum Gasteiger partial charge on any atom is -0.462 e. The zero-order valence-electron chi connectivity index (χ0n) is 17.0. The molecule has 0 radical (unpaired) electrons. The Hall–Kier alpha value is -2.22. The number of aromatic nitrogens is 2. The number of thiophene rings is 1. The van der Waals surface area contributed by atoms with E-state index in [1.807, 2.05) is 0 Å². The number of nitrogens with one attached hydrogen (secondary N) is 1. The van der Waals surface area contributed by atoms with Crippen LogP contribution in [-0.4, -0.2) is 34.6 Å². The van der Waals surface area contributed by atoms with Gasteiger partial charge in [-0.25, -0.2) is 9.78 Å². The van der Waals surface area contributed by atoms with Crippen LogP contribution in [0.3, 0.4) is 0 Å². The summed E-state index contributed by atoms with van der Waals surface area (Å²) in [6, 6.07) is 0. The molecule has 0 spiro atoms. The van der Waals surface area contributed by atoms with Crippen molar-refractivity contribution in [2.75, 3.05) is 13.2 Å². The maximum absolute atomic E-state index is 12.8. The van der Waals surface area contributed by atoms with Crippen molar-refractivity contribution in [1.29, 1.82) is 0 Å². The molecule has 7 nitrogen and oxygen atoms in total. The quantitative estimate of drug-likeness (QED) is 0.611. The van der Waals surface area contributed by atoms with Gasteiger partial charge in [0, 0.05) is 6.54 Å². The zero-order chi connectivity index (χ0) is 20.7. The Balaban J connectivity index is 2.14. The van der Waals surface area contributed by atoms with Crippen LogP contribution >= 0.6 is 11.3 Å². The third kappa shape index (κ3) is 5.19. The van der Waals surface area contributed by atoms with Gasteiger partial charge >= 0.3 is 5.97 Å². The Kier molecular flexibility index (Phi) is 8.17. The Morgan fingerprint density at radius 2 is 2.07 bits per heavy atom. The molecule has 1 N–H and O–H groups in total. The van der Waals surface area contributed by atoms with Gasteiger partial charge in [0.1, 0.15) is 16.3 Å². The second kappa shape index (κ2) is 10.4. The van der Waals surface area contributed by atoms with E-state index in [0.717, 1.165) is 37.0 Å². The summed E-state index contributed by atoms with van der Waals surface area (Å²) < 4.78 is 6.33. The highest BCUT2D eigenvalue weighted by molar-refractivity contribution is 7.20. The number of fused-ring (bicyclic) bond motifs is 1. The lowest BCUT2D eigenvalue weighted by Gasteiger charge is -2.15. The maximum atomic E-state index is 12.8. The van der Waals surface area contributed by atoms with Gasteiger partial charge in [-0.05, 0) is 31.7 Å². The molecule has 28 heavy (non-hydrogen) atoms. The smallest absolute Gasteiger partial charge is 0.348 e. The number of carbonyl (C=O) groups excluding carboxylic acids is 2. The minimum absolute atomic E-state index is 0.0873. The molecule has 2 aromatic rings. The maximum Gasteiger partial charge on any atom is 0.348 e. The van der Waals surface area contributed by atoms with Crippen LogP contribution in [0.15, 0.2) is 11.1 Å². The van der Waals surface area contributed by atoms with Crippen LogP contribution in [0.1, 0.15) is 61.7 Å². The van der Waals surface area contributed by atoms with Gasteiger partial charge in [-0.1, -0.05) is 33.1 Å². The van der Waals surface area contributed by atoms with E-state index < -0.39 is 5.97 Å². The first-order valence-electron chi connectivity index (χ1n) is 9.85. The van der Waals surface area contributed by atoms with Crippen LogP contribution < -0.4 is 10.9 Å². The average molecular weight is 408 g/mol. The van der Waals surface area contributed by atoms with E-state index in [1.54, 1.807) is 13.8 Å². The molecule has 2 aromatic heterocycles. The molecule has 0 saturated heterocycles. The van der Waals surface area contributed by atoms with Crippen LogP contribution in [0.4, 0.5) is 0 Å². The van der Waals surface area contributed by atoms with Crippen molar-refractivity contribution >= 4 is 33.4 Å². The Morgan fingerprint density at radius 1 is 1.32 bits per heavy atom. The van der Waals surface area contributed by atoms with Crippen LogP contribution in [0.5, 0.6) is 0 Å². The standard InChI is InChI=1S/C20H29N3O4S/c1-5-8-9-14(6-2)10-21-15(24)11-23-12-22-18-16(19(23)25)13(4)17(28-18)20(26)27-7-3/h12,14H,5-11H2,1-4H3,(H,21,24)/t14-/m0/s1. The highest BCUT2D eigenvalue weighted by atomic mass is 32.1. The van der Waals surface area contributed by atoms with Crippen molar-refractivity contribution in [2.45, 2.75) is 59.9 Å². The van der Waals surface area contributed by atoms with Crippen molar-refractivity contribution in [2.24, 2.45) is 5.92 Å². The van der Waals surface area contributed by atoms with Crippen molar-refractivity contribution in [3.05, 3.63) is 27.1 Å². The summed E-state index contributed by atoms with van der Waals surface area (Å²) in [5, 5.41) is 3.30. The second-order valence-electron chi connectivity index (χ2n) is 6.86. The Morgan fingerprint density at radius 3 is 2.71 bits per heavy atom. The molecule has 154 valence electrons. The number of carbonyl (C=O) groups is 2. The fourth-order valence-electron chi connectivity index (χ4n) is 3.08. The van der Waals surface area contributed by atoms with Crippen LogP contribution in [-0.2, 0) is 16.1 Å². The van der Waals surface area contributed by atoms with E-state index in [4.69, 9.17) is 4.74 Å². The molecule has 0 aliphatic carbocycles. The molecule has 2 heterocycles. The van der Waals surface area contributed by atoms with E-state index in [-0.39, 0.29) is 24.6 Å². The van der Waals surface area contributed by atoms with Gasteiger partial charge in [0.05, 0.1) is 18.3 Å². The number of amides is 1. The molecule has 0 aliphatic heterocycles. The van der Waals surface area contributed by atoms with E-state index in [1.165, 1.54) is 10.9 Å². The fraction of sp³-hybridized carbons (Fsp3) is 0.600. The number of nitrogens with zero attached hydrogens (tertiary/aromatic N) is 2. The third-order valence-corrected chi connectivity index (χ3v) is 6.00.